The Morgan fingerprint density at radius 2 is 2.00 bits per heavy atom. The molecule has 0 aliphatic carbocycles. The van der Waals surface area contributed by atoms with Gasteiger partial charge in [0.05, 0.1) is 10.7 Å². The number of ether oxygens (including phenoxy) is 1. The number of oxazole rings is 1. The molecule has 0 saturated heterocycles. The summed E-state index contributed by atoms with van der Waals surface area (Å²) in [5.41, 5.74) is 0.0517. The third kappa shape index (κ3) is 3.17. The first-order valence-electron chi connectivity index (χ1n) is 6.67. The summed E-state index contributed by atoms with van der Waals surface area (Å²) < 4.78 is 49.4. The number of hydrogen-bond donors (Lipinski definition) is 0. The molecular weight excluding hydrogens is 377 g/mol. The van der Waals surface area contributed by atoms with Gasteiger partial charge in [0, 0.05) is 6.42 Å². The summed E-state index contributed by atoms with van der Waals surface area (Å²) in [7, 11) is 0. The van der Waals surface area contributed by atoms with Crippen molar-refractivity contribution in [3.63, 3.8) is 0 Å². The molecule has 0 saturated carbocycles. The van der Waals surface area contributed by atoms with Gasteiger partial charge in [-0.05, 0) is 40.2 Å². The minimum atomic E-state index is -4.48. The second-order valence-electron chi connectivity index (χ2n) is 4.66. The van der Waals surface area contributed by atoms with Crippen molar-refractivity contribution in [1.82, 2.24) is 9.97 Å². The van der Waals surface area contributed by atoms with E-state index in [0.717, 1.165) is 16.7 Å². The number of fused-ring (bicyclic) bond motifs is 1. The number of rotatable bonds is 3. The minimum absolute atomic E-state index is 0.183. The third-order valence-electron chi connectivity index (χ3n) is 3.06. The van der Waals surface area contributed by atoms with Crippen LogP contribution in [0.2, 0.25) is 0 Å². The molecule has 4 nitrogen and oxygen atoms in total. The molecule has 0 aliphatic rings. The number of aryl methyl sites for hydroxylation is 1. The van der Waals surface area contributed by atoms with E-state index in [1.54, 1.807) is 12.1 Å². The van der Waals surface area contributed by atoms with Gasteiger partial charge in [-0.15, -0.1) is 0 Å². The van der Waals surface area contributed by atoms with Crippen LogP contribution in [0.25, 0.3) is 11.1 Å². The van der Waals surface area contributed by atoms with Gasteiger partial charge >= 0.3 is 6.18 Å². The molecule has 0 unspecified atom stereocenters. The van der Waals surface area contributed by atoms with Gasteiger partial charge in [-0.3, -0.25) is 0 Å². The molecule has 0 atom stereocenters. The number of nitrogens with zero attached hydrogens (tertiary/aromatic N) is 2. The van der Waals surface area contributed by atoms with E-state index in [-0.39, 0.29) is 5.75 Å². The van der Waals surface area contributed by atoms with E-state index < -0.39 is 11.9 Å². The van der Waals surface area contributed by atoms with E-state index >= 15 is 0 Å². The highest BCUT2D eigenvalue weighted by atomic mass is 79.9. The van der Waals surface area contributed by atoms with E-state index in [1.165, 1.54) is 6.07 Å². The van der Waals surface area contributed by atoms with Gasteiger partial charge in [0.2, 0.25) is 0 Å². The van der Waals surface area contributed by atoms with Crippen LogP contribution in [0.3, 0.4) is 0 Å². The van der Waals surface area contributed by atoms with Crippen molar-refractivity contribution in [3.05, 3.63) is 46.5 Å². The maximum absolute atomic E-state index is 12.5. The van der Waals surface area contributed by atoms with Crippen LogP contribution in [0.1, 0.15) is 18.5 Å². The molecule has 3 aromatic rings. The summed E-state index contributed by atoms with van der Waals surface area (Å²) in [6.07, 6.45) is -2.84. The minimum Gasteiger partial charge on any atom is -0.453 e. The Morgan fingerprint density at radius 3 is 2.61 bits per heavy atom. The van der Waals surface area contributed by atoms with Crippen LogP contribution >= 0.6 is 15.9 Å². The van der Waals surface area contributed by atoms with E-state index in [9.17, 15) is 13.2 Å². The van der Waals surface area contributed by atoms with Gasteiger partial charge in [0.1, 0.15) is 11.4 Å². The fourth-order valence-corrected chi connectivity index (χ4v) is 2.37. The van der Waals surface area contributed by atoms with E-state index in [1.807, 2.05) is 6.92 Å². The lowest BCUT2D eigenvalue weighted by Crippen LogP contribution is -2.07. The van der Waals surface area contributed by atoms with Crippen LogP contribution in [0.5, 0.6) is 11.5 Å². The first kappa shape index (κ1) is 15.8. The molecule has 23 heavy (non-hydrogen) atoms. The van der Waals surface area contributed by atoms with Crippen molar-refractivity contribution < 1.29 is 22.3 Å². The van der Waals surface area contributed by atoms with Gasteiger partial charge in [-0.2, -0.15) is 13.2 Å². The van der Waals surface area contributed by atoms with Gasteiger partial charge in [-0.1, -0.05) is 6.92 Å². The van der Waals surface area contributed by atoms with Crippen molar-refractivity contribution in [1.29, 1.82) is 0 Å². The zero-order chi connectivity index (χ0) is 16.6. The quantitative estimate of drug-likeness (QED) is 0.607. The molecule has 0 N–H and O–H groups in total. The van der Waals surface area contributed by atoms with Crippen LogP contribution < -0.4 is 4.74 Å². The number of halogens is 4. The lowest BCUT2D eigenvalue weighted by atomic mass is 10.3. The van der Waals surface area contributed by atoms with Gasteiger partial charge < -0.3 is 9.15 Å². The Kier molecular flexibility index (Phi) is 4.01. The van der Waals surface area contributed by atoms with E-state index in [0.29, 0.717) is 29.2 Å². The molecule has 0 amide bonds. The second-order valence-corrected chi connectivity index (χ2v) is 5.52. The molecule has 0 spiro atoms. The Morgan fingerprint density at radius 1 is 1.22 bits per heavy atom. The summed E-state index contributed by atoms with van der Waals surface area (Å²) in [6, 6.07) is 5.46. The Balaban J connectivity index is 1.95. The number of pyridine rings is 1. The molecule has 3 rings (SSSR count). The topological polar surface area (TPSA) is 48.2 Å². The molecule has 2 aromatic heterocycles. The largest absolute Gasteiger partial charge is 0.453 e. The second kappa shape index (κ2) is 5.84. The van der Waals surface area contributed by atoms with Crippen molar-refractivity contribution in [2.45, 2.75) is 19.5 Å². The molecular formula is C15H10BrF3N2O2. The maximum atomic E-state index is 12.5. The summed E-state index contributed by atoms with van der Waals surface area (Å²) >= 11 is 3.36. The van der Waals surface area contributed by atoms with Crippen LogP contribution in [-0.4, -0.2) is 9.97 Å². The number of benzene rings is 1. The first-order chi connectivity index (χ1) is 10.9. The molecule has 2 heterocycles. The van der Waals surface area contributed by atoms with Crippen LogP contribution in [0, 0.1) is 0 Å². The molecule has 8 heteroatoms. The Labute approximate surface area is 137 Å². The zero-order valence-electron chi connectivity index (χ0n) is 11.8. The highest BCUT2D eigenvalue weighted by Gasteiger charge is 2.32. The summed E-state index contributed by atoms with van der Waals surface area (Å²) in [5, 5.41) is 0. The van der Waals surface area contributed by atoms with Gasteiger partial charge in [0.25, 0.3) is 0 Å². The average molecular weight is 387 g/mol. The summed E-state index contributed by atoms with van der Waals surface area (Å²) in [5.74, 6) is 1.11. The predicted molar refractivity (Wildman–Crippen MR) is 80.4 cm³/mol. The van der Waals surface area contributed by atoms with Crippen molar-refractivity contribution in [2.24, 2.45) is 0 Å². The highest BCUT2D eigenvalue weighted by Crippen LogP contribution is 2.35. The van der Waals surface area contributed by atoms with Gasteiger partial charge in [-0.25, -0.2) is 9.97 Å². The van der Waals surface area contributed by atoms with Crippen molar-refractivity contribution in [3.8, 4) is 11.5 Å². The van der Waals surface area contributed by atoms with E-state index in [4.69, 9.17) is 9.15 Å². The SMILES string of the molecule is CCc1nc2c(Oc3ccc(C(F)(F)F)nc3)ccc(Br)c2o1. The monoisotopic (exact) mass is 386 g/mol. The fourth-order valence-electron chi connectivity index (χ4n) is 1.97. The number of alkyl halides is 3. The first-order valence-corrected chi connectivity index (χ1v) is 7.47. The van der Waals surface area contributed by atoms with Crippen LogP contribution in [0.15, 0.2) is 39.4 Å². The summed E-state index contributed by atoms with van der Waals surface area (Å²) in [4.78, 5) is 7.68. The zero-order valence-corrected chi connectivity index (χ0v) is 13.4. The number of aromatic nitrogens is 2. The maximum Gasteiger partial charge on any atom is 0.433 e. The molecule has 1 aromatic carbocycles. The third-order valence-corrected chi connectivity index (χ3v) is 3.68. The van der Waals surface area contributed by atoms with Crippen molar-refractivity contribution in [2.75, 3.05) is 0 Å². The lowest BCUT2D eigenvalue weighted by molar-refractivity contribution is -0.141. The smallest absolute Gasteiger partial charge is 0.433 e. The lowest BCUT2D eigenvalue weighted by Gasteiger charge is -2.08. The highest BCUT2D eigenvalue weighted by molar-refractivity contribution is 9.10. The molecule has 0 bridgehead atoms. The summed E-state index contributed by atoms with van der Waals surface area (Å²) in [6.45, 7) is 1.90. The number of hydrogen-bond acceptors (Lipinski definition) is 4. The average Bonchev–Trinajstić information content (AvgIpc) is 2.95. The van der Waals surface area contributed by atoms with Crippen LogP contribution in [-0.2, 0) is 12.6 Å². The van der Waals surface area contributed by atoms with E-state index in [2.05, 4.69) is 25.9 Å². The standard InChI is InChI=1S/C15H10BrF3N2O2/c1-2-12-21-13-10(5-4-9(16)14(13)23-12)22-8-3-6-11(20-7-8)15(17,18)19/h3-7H,2H2,1H3. The Bertz CT molecular complexity index is 844. The fraction of sp³-hybridized carbons (Fsp3) is 0.200. The normalized spacial score (nSPS) is 11.9. The molecule has 120 valence electrons. The predicted octanol–water partition coefficient (Wildman–Crippen LogP) is 5.36. The molecule has 0 fully saturated rings. The van der Waals surface area contributed by atoms with Crippen molar-refractivity contribution >= 4 is 27.0 Å². The molecule has 0 radical (unpaired) electrons. The molecule has 0 aliphatic heterocycles. The van der Waals surface area contributed by atoms with Gasteiger partial charge in [0.15, 0.2) is 22.7 Å². The van der Waals surface area contributed by atoms with Crippen LogP contribution in [0.4, 0.5) is 13.2 Å². The Hall–Kier alpha value is -2.09.